The number of anilines is 1. The van der Waals surface area contributed by atoms with Crippen molar-refractivity contribution in [2.45, 2.75) is 0 Å². The summed E-state index contributed by atoms with van der Waals surface area (Å²) in [6.07, 6.45) is 1.75. The first-order valence-electron chi connectivity index (χ1n) is 10.6. The summed E-state index contributed by atoms with van der Waals surface area (Å²) in [5.74, 6) is -0.269. The van der Waals surface area contributed by atoms with Gasteiger partial charge in [0.25, 0.3) is 0 Å². The molecule has 0 fully saturated rings. The molecule has 0 radical (unpaired) electrons. The van der Waals surface area contributed by atoms with E-state index >= 15 is 0 Å². The average Bonchev–Trinajstić information content (AvgIpc) is 2.84. The van der Waals surface area contributed by atoms with Gasteiger partial charge in [-0.25, -0.2) is 9.37 Å². The van der Waals surface area contributed by atoms with Crippen molar-refractivity contribution in [1.82, 2.24) is 9.97 Å². The fourth-order valence-electron chi connectivity index (χ4n) is 4.19. The minimum atomic E-state index is -0.269. The molecule has 3 nitrogen and oxygen atoms in total. The molecule has 5 heteroatoms. The normalized spacial score (nSPS) is 11.0. The van der Waals surface area contributed by atoms with E-state index in [1.165, 1.54) is 12.1 Å². The molecule has 33 heavy (non-hydrogen) atoms. The van der Waals surface area contributed by atoms with Crippen LogP contribution in [-0.2, 0) is 0 Å². The van der Waals surface area contributed by atoms with Crippen molar-refractivity contribution in [3.63, 3.8) is 0 Å². The highest BCUT2D eigenvalue weighted by atomic mass is 35.5. The summed E-state index contributed by atoms with van der Waals surface area (Å²) in [4.78, 5) is 11.4. The minimum Gasteiger partial charge on any atom is -0.377 e. The molecule has 0 saturated heterocycles. The average molecular weight is 454 g/mol. The molecule has 0 spiro atoms. The smallest absolute Gasteiger partial charge is 0.139 e. The Balaban J connectivity index is 1.76. The molecule has 0 saturated carbocycles. The van der Waals surface area contributed by atoms with Crippen LogP contribution in [-0.4, -0.2) is 24.1 Å². The predicted octanol–water partition coefficient (Wildman–Crippen LogP) is 7.49. The molecule has 0 amide bonds. The third-order valence-corrected chi connectivity index (χ3v) is 5.93. The standard InChI is InChI=1S/C28H21ClFN3/c1-33(2)27-23-17-20(22-9-6-16-31-26(22)19-10-13-21(30)14-11-19)12-15-24(23)32-28(29)25(27)18-7-4-3-5-8-18/h3-17H,1-2H3. The Morgan fingerprint density at radius 3 is 2.24 bits per heavy atom. The third kappa shape index (κ3) is 3.94. The van der Waals surface area contributed by atoms with Gasteiger partial charge in [-0.05, 0) is 53.6 Å². The summed E-state index contributed by atoms with van der Waals surface area (Å²) in [5.41, 5.74) is 7.36. The van der Waals surface area contributed by atoms with Crippen LogP contribution in [0.15, 0.2) is 91.1 Å². The molecule has 5 aromatic rings. The van der Waals surface area contributed by atoms with Gasteiger partial charge in [-0.2, -0.15) is 0 Å². The maximum absolute atomic E-state index is 13.5. The highest BCUT2D eigenvalue weighted by molar-refractivity contribution is 6.34. The SMILES string of the molecule is CN(C)c1c(-c2ccccc2)c(Cl)nc2ccc(-c3cccnc3-c3ccc(F)cc3)cc12. The molecule has 0 atom stereocenters. The molecular formula is C28H21ClFN3. The molecule has 2 aromatic heterocycles. The molecule has 0 unspecified atom stereocenters. The number of hydrogen-bond donors (Lipinski definition) is 0. The van der Waals surface area contributed by atoms with Crippen molar-refractivity contribution in [3.05, 3.63) is 102 Å². The quantitative estimate of drug-likeness (QED) is 0.264. The molecule has 0 N–H and O–H groups in total. The van der Waals surface area contributed by atoms with Crippen LogP contribution in [0.3, 0.4) is 0 Å². The Labute approximate surface area is 197 Å². The Bertz CT molecular complexity index is 1450. The van der Waals surface area contributed by atoms with Gasteiger partial charge in [-0.3, -0.25) is 4.98 Å². The first kappa shape index (κ1) is 21.1. The second kappa shape index (κ2) is 8.64. The van der Waals surface area contributed by atoms with Crippen LogP contribution in [0, 0.1) is 5.82 Å². The van der Waals surface area contributed by atoms with E-state index in [1.807, 2.05) is 68.7 Å². The monoisotopic (exact) mass is 453 g/mol. The number of nitrogens with zero attached hydrogens (tertiary/aromatic N) is 3. The number of halogens is 2. The van der Waals surface area contributed by atoms with Gasteiger partial charge in [0.15, 0.2) is 0 Å². The van der Waals surface area contributed by atoms with E-state index in [9.17, 15) is 4.39 Å². The highest BCUT2D eigenvalue weighted by Crippen LogP contribution is 2.42. The topological polar surface area (TPSA) is 29.0 Å². The van der Waals surface area contributed by atoms with E-state index in [0.717, 1.165) is 50.1 Å². The van der Waals surface area contributed by atoms with Crippen LogP contribution in [0.1, 0.15) is 0 Å². The van der Waals surface area contributed by atoms with Crippen LogP contribution in [0.2, 0.25) is 5.15 Å². The van der Waals surface area contributed by atoms with Gasteiger partial charge in [-0.15, -0.1) is 0 Å². The molecule has 3 aromatic carbocycles. The van der Waals surface area contributed by atoms with Crippen LogP contribution in [0.4, 0.5) is 10.1 Å². The molecular weight excluding hydrogens is 433 g/mol. The lowest BCUT2D eigenvalue weighted by atomic mass is 9.96. The molecule has 0 aliphatic heterocycles. The van der Waals surface area contributed by atoms with E-state index in [0.29, 0.717) is 5.15 Å². The second-order valence-electron chi connectivity index (χ2n) is 8.03. The number of benzene rings is 3. The lowest BCUT2D eigenvalue weighted by Crippen LogP contribution is -2.11. The van der Waals surface area contributed by atoms with E-state index in [1.54, 1.807) is 18.3 Å². The number of pyridine rings is 2. The van der Waals surface area contributed by atoms with Crippen LogP contribution < -0.4 is 4.90 Å². The van der Waals surface area contributed by atoms with Crippen molar-refractivity contribution < 1.29 is 4.39 Å². The van der Waals surface area contributed by atoms with Crippen LogP contribution in [0.5, 0.6) is 0 Å². The lowest BCUT2D eigenvalue weighted by Gasteiger charge is -2.22. The number of hydrogen-bond acceptors (Lipinski definition) is 3. The van der Waals surface area contributed by atoms with Gasteiger partial charge in [-0.1, -0.05) is 54.1 Å². The molecule has 0 bridgehead atoms. The van der Waals surface area contributed by atoms with E-state index < -0.39 is 0 Å². The highest BCUT2D eigenvalue weighted by Gasteiger charge is 2.18. The van der Waals surface area contributed by atoms with Crippen molar-refractivity contribution in [2.75, 3.05) is 19.0 Å². The zero-order valence-corrected chi connectivity index (χ0v) is 19.0. The van der Waals surface area contributed by atoms with Gasteiger partial charge in [0, 0.05) is 42.4 Å². The molecule has 2 heterocycles. The Morgan fingerprint density at radius 2 is 1.52 bits per heavy atom. The fourth-order valence-corrected chi connectivity index (χ4v) is 4.48. The maximum Gasteiger partial charge on any atom is 0.139 e. The van der Waals surface area contributed by atoms with Gasteiger partial charge in [0.05, 0.1) is 16.9 Å². The van der Waals surface area contributed by atoms with Crippen LogP contribution >= 0.6 is 11.6 Å². The van der Waals surface area contributed by atoms with Crippen LogP contribution in [0.25, 0.3) is 44.4 Å². The molecule has 162 valence electrons. The summed E-state index contributed by atoms with van der Waals surface area (Å²) >= 11 is 6.68. The Hall–Kier alpha value is -3.76. The number of rotatable bonds is 4. The third-order valence-electron chi connectivity index (χ3n) is 5.66. The lowest BCUT2D eigenvalue weighted by molar-refractivity contribution is 0.628. The van der Waals surface area contributed by atoms with Crippen molar-refractivity contribution in [1.29, 1.82) is 0 Å². The summed E-state index contributed by atoms with van der Waals surface area (Å²) in [5, 5.41) is 1.47. The Morgan fingerprint density at radius 1 is 0.788 bits per heavy atom. The first-order valence-corrected chi connectivity index (χ1v) is 11.0. The summed E-state index contributed by atoms with van der Waals surface area (Å²) in [7, 11) is 4.02. The summed E-state index contributed by atoms with van der Waals surface area (Å²) < 4.78 is 13.5. The predicted molar refractivity (Wildman–Crippen MR) is 135 cm³/mol. The van der Waals surface area contributed by atoms with E-state index in [2.05, 4.69) is 16.0 Å². The number of fused-ring (bicyclic) bond motifs is 1. The minimum absolute atomic E-state index is 0.269. The first-order chi connectivity index (χ1) is 16.0. The van der Waals surface area contributed by atoms with E-state index in [-0.39, 0.29) is 5.82 Å². The van der Waals surface area contributed by atoms with Gasteiger partial charge in [0.1, 0.15) is 11.0 Å². The summed E-state index contributed by atoms with van der Waals surface area (Å²) in [6, 6.07) is 26.6. The molecule has 0 aliphatic rings. The maximum atomic E-state index is 13.5. The van der Waals surface area contributed by atoms with Gasteiger partial charge in [0.2, 0.25) is 0 Å². The van der Waals surface area contributed by atoms with Gasteiger partial charge >= 0.3 is 0 Å². The van der Waals surface area contributed by atoms with Crippen molar-refractivity contribution >= 4 is 28.2 Å². The number of aromatic nitrogens is 2. The molecule has 0 aliphatic carbocycles. The summed E-state index contributed by atoms with van der Waals surface area (Å²) in [6.45, 7) is 0. The Kier molecular flexibility index (Phi) is 5.53. The van der Waals surface area contributed by atoms with Crippen molar-refractivity contribution in [2.24, 2.45) is 0 Å². The zero-order valence-electron chi connectivity index (χ0n) is 18.3. The van der Waals surface area contributed by atoms with E-state index in [4.69, 9.17) is 16.6 Å². The fraction of sp³-hybridized carbons (Fsp3) is 0.0714. The van der Waals surface area contributed by atoms with Gasteiger partial charge < -0.3 is 4.90 Å². The molecule has 5 rings (SSSR count). The second-order valence-corrected chi connectivity index (χ2v) is 8.38. The zero-order chi connectivity index (χ0) is 22.9. The van der Waals surface area contributed by atoms with Crippen molar-refractivity contribution in [3.8, 4) is 33.5 Å². The largest absolute Gasteiger partial charge is 0.377 e.